The Morgan fingerprint density at radius 2 is 1.85 bits per heavy atom. The molecule has 1 fully saturated rings. The molecule has 2 atom stereocenters. The van der Waals surface area contributed by atoms with Gasteiger partial charge in [0.1, 0.15) is 0 Å². The number of aromatic nitrogens is 1. The number of rotatable bonds is 4. The molecular formula is C20H21N3O4. The van der Waals surface area contributed by atoms with Gasteiger partial charge in [-0.1, -0.05) is 5.16 Å². The van der Waals surface area contributed by atoms with Crippen LogP contribution in [0, 0.1) is 0 Å². The summed E-state index contributed by atoms with van der Waals surface area (Å²) in [6.45, 7) is 5.85. The van der Waals surface area contributed by atoms with Crippen LogP contribution in [0.5, 0.6) is 0 Å². The molecule has 7 nitrogen and oxygen atoms in total. The molecule has 4 rings (SSSR count). The summed E-state index contributed by atoms with van der Waals surface area (Å²) in [5.74, 6) is 0.605. The molecule has 3 aromatic rings. The number of morpholine rings is 1. The van der Waals surface area contributed by atoms with Gasteiger partial charge in [0.2, 0.25) is 5.76 Å². The predicted octanol–water partition coefficient (Wildman–Crippen LogP) is 3.80. The van der Waals surface area contributed by atoms with Gasteiger partial charge in [-0.05, 0) is 50.2 Å². The molecule has 1 aliphatic rings. The number of anilines is 2. The van der Waals surface area contributed by atoms with Crippen LogP contribution in [0.1, 0.15) is 24.3 Å². The third kappa shape index (κ3) is 3.88. The molecule has 2 aromatic heterocycles. The maximum atomic E-state index is 12.4. The minimum absolute atomic E-state index is 0.196. The van der Waals surface area contributed by atoms with E-state index >= 15 is 0 Å². The highest BCUT2D eigenvalue weighted by Gasteiger charge is 2.22. The van der Waals surface area contributed by atoms with Crippen molar-refractivity contribution in [3.63, 3.8) is 0 Å². The summed E-state index contributed by atoms with van der Waals surface area (Å²) in [6.07, 6.45) is 1.93. The number of carbonyl (C=O) groups is 1. The monoisotopic (exact) mass is 367 g/mol. The summed E-state index contributed by atoms with van der Waals surface area (Å²) in [5, 5.41) is 6.64. The van der Waals surface area contributed by atoms with Gasteiger partial charge in [-0.2, -0.15) is 0 Å². The second kappa shape index (κ2) is 7.28. The summed E-state index contributed by atoms with van der Waals surface area (Å²) in [6, 6.07) is 12.8. The van der Waals surface area contributed by atoms with E-state index in [0.29, 0.717) is 17.2 Å². The number of amides is 1. The van der Waals surface area contributed by atoms with E-state index in [9.17, 15) is 4.79 Å². The molecule has 1 amide bonds. The molecule has 27 heavy (non-hydrogen) atoms. The van der Waals surface area contributed by atoms with Crippen molar-refractivity contribution in [3.05, 3.63) is 54.4 Å². The molecule has 0 radical (unpaired) electrons. The van der Waals surface area contributed by atoms with Crippen molar-refractivity contribution >= 4 is 17.3 Å². The standard InChI is InChI=1S/C20H21N3O4/c1-13-11-23(12-14(2)26-13)16-7-5-15(6-8-16)21-20(24)17-10-19(27-22-17)18-4-3-9-25-18/h3-10,13-14H,11-12H2,1-2H3,(H,21,24)/t13-,14-/m1/s1. The van der Waals surface area contributed by atoms with Crippen molar-refractivity contribution in [2.45, 2.75) is 26.1 Å². The van der Waals surface area contributed by atoms with Crippen LogP contribution in [0.4, 0.5) is 11.4 Å². The first-order valence-electron chi connectivity index (χ1n) is 8.91. The Hall–Kier alpha value is -3.06. The van der Waals surface area contributed by atoms with Gasteiger partial charge in [0.25, 0.3) is 5.91 Å². The molecule has 0 unspecified atom stereocenters. The number of carbonyl (C=O) groups excluding carboxylic acids is 1. The van der Waals surface area contributed by atoms with E-state index in [1.165, 1.54) is 6.26 Å². The lowest BCUT2D eigenvalue weighted by molar-refractivity contribution is -0.00521. The van der Waals surface area contributed by atoms with Crippen molar-refractivity contribution < 1.29 is 18.5 Å². The van der Waals surface area contributed by atoms with Gasteiger partial charge >= 0.3 is 0 Å². The van der Waals surface area contributed by atoms with Crippen LogP contribution in [0.25, 0.3) is 11.5 Å². The molecule has 140 valence electrons. The average Bonchev–Trinajstić information content (AvgIpc) is 3.33. The topological polar surface area (TPSA) is 80.7 Å². The number of nitrogens with zero attached hydrogens (tertiary/aromatic N) is 2. The number of ether oxygens (including phenoxy) is 1. The molecular weight excluding hydrogens is 346 g/mol. The van der Waals surface area contributed by atoms with Crippen LogP contribution in [-0.4, -0.2) is 36.4 Å². The van der Waals surface area contributed by atoms with Crippen molar-refractivity contribution in [1.82, 2.24) is 5.16 Å². The second-order valence-corrected chi connectivity index (χ2v) is 6.72. The molecule has 1 aliphatic heterocycles. The highest BCUT2D eigenvalue weighted by Crippen LogP contribution is 2.24. The minimum atomic E-state index is -0.335. The fraction of sp³-hybridized carbons (Fsp3) is 0.300. The predicted molar refractivity (Wildman–Crippen MR) is 101 cm³/mol. The maximum absolute atomic E-state index is 12.4. The Bertz CT molecular complexity index is 892. The van der Waals surface area contributed by atoms with Crippen LogP contribution in [0.15, 0.2) is 57.7 Å². The van der Waals surface area contributed by atoms with E-state index in [1.807, 2.05) is 24.3 Å². The third-order valence-electron chi connectivity index (χ3n) is 4.42. The number of hydrogen-bond donors (Lipinski definition) is 1. The molecule has 0 spiro atoms. The zero-order valence-electron chi connectivity index (χ0n) is 15.2. The minimum Gasteiger partial charge on any atom is -0.461 e. The Kier molecular flexibility index (Phi) is 4.68. The smallest absolute Gasteiger partial charge is 0.277 e. The molecule has 0 aliphatic carbocycles. The van der Waals surface area contributed by atoms with E-state index in [-0.39, 0.29) is 23.8 Å². The number of benzene rings is 1. The second-order valence-electron chi connectivity index (χ2n) is 6.72. The first kappa shape index (κ1) is 17.4. The van der Waals surface area contributed by atoms with Gasteiger partial charge in [0, 0.05) is 30.5 Å². The van der Waals surface area contributed by atoms with Gasteiger partial charge in [-0.25, -0.2) is 0 Å². The van der Waals surface area contributed by atoms with Gasteiger partial charge < -0.3 is 23.9 Å². The van der Waals surface area contributed by atoms with Crippen LogP contribution >= 0.6 is 0 Å². The largest absolute Gasteiger partial charge is 0.461 e. The van der Waals surface area contributed by atoms with Gasteiger partial charge in [0.05, 0.1) is 18.5 Å². The van der Waals surface area contributed by atoms with Crippen molar-refractivity contribution in [2.75, 3.05) is 23.3 Å². The van der Waals surface area contributed by atoms with E-state index in [1.54, 1.807) is 18.2 Å². The summed E-state index contributed by atoms with van der Waals surface area (Å²) >= 11 is 0. The van der Waals surface area contributed by atoms with Crippen LogP contribution in [-0.2, 0) is 4.74 Å². The molecule has 1 N–H and O–H groups in total. The lowest BCUT2D eigenvalue weighted by atomic mass is 10.2. The Balaban J connectivity index is 1.42. The quantitative estimate of drug-likeness (QED) is 0.755. The fourth-order valence-electron chi connectivity index (χ4n) is 3.26. The van der Waals surface area contributed by atoms with Crippen molar-refractivity contribution in [1.29, 1.82) is 0 Å². The van der Waals surface area contributed by atoms with Crippen LogP contribution in [0.3, 0.4) is 0 Å². The molecule has 1 saturated heterocycles. The lowest BCUT2D eigenvalue weighted by Gasteiger charge is -2.36. The van der Waals surface area contributed by atoms with E-state index in [2.05, 4.69) is 29.2 Å². The Morgan fingerprint density at radius 3 is 2.52 bits per heavy atom. The zero-order valence-corrected chi connectivity index (χ0v) is 15.2. The van der Waals surface area contributed by atoms with Crippen LogP contribution < -0.4 is 10.2 Å². The normalized spacial score (nSPS) is 19.9. The number of hydrogen-bond acceptors (Lipinski definition) is 6. The summed E-state index contributed by atoms with van der Waals surface area (Å²) in [4.78, 5) is 14.7. The summed E-state index contributed by atoms with van der Waals surface area (Å²) < 4.78 is 16.2. The maximum Gasteiger partial charge on any atom is 0.277 e. The molecule has 0 saturated carbocycles. The Labute approximate surface area is 156 Å². The molecule has 1 aromatic carbocycles. The number of furan rings is 1. The van der Waals surface area contributed by atoms with Gasteiger partial charge in [0.15, 0.2) is 11.5 Å². The van der Waals surface area contributed by atoms with E-state index in [0.717, 1.165) is 18.8 Å². The fourth-order valence-corrected chi connectivity index (χ4v) is 3.26. The average molecular weight is 367 g/mol. The molecule has 7 heteroatoms. The molecule has 3 heterocycles. The van der Waals surface area contributed by atoms with E-state index in [4.69, 9.17) is 13.7 Å². The van der Waals surface area contributed by atoms with Gasteiger partial charge in [-0.3, -0.25) is 4.79 Å². The third-order valence-corrected chi connectivity index (χ3v) is 4.42. The SMILES string of the molecule is C[C@@H]1CN(c2ccc(NC(=O)c3cc(-c4ccco4)on3)cc2)C[C@@H](C)O1. The van der Waals surface area contributed by atoms with E-state index < -0.39 is 0 Å². The first-order chi connectivity index (χ1) is 13.1. The molecule has 0 bridgehead atoms. The number of nitrogens with one attached hydrogen (secondary N) is 1. The highest BCUT2D eigenvalue weighted by molar-refractivity contribution is 6.03. The highest BCUT2D eigenvalue weighted by atomic mass is 16.5. The lowest BCUT2D eigenvalue weighted by Crippen LogP contribution is -2.45. The zero-order chi connectivity index (χ0) is 18.8. The van der Waals surface area contributed by atoms with Crippen LogP contribution in [0.2, 0.25) is 0 Å². The van der Waals surface area contributed by atoms with Crippen molar-refractivity contribution in [3.8, 4) is 11.5 Å². The first-order valence-corrected chi connectivity index (χ1v) is 8.91. The van der Waals surface area contributed by atoms with Crippen molar-refractivity contribution in [2.24, 2.45) is 0 Å². The Morgan fingerprint density at radius 1 is 1.11 bits per heavy atom. The summed E-state index contributed by atoms with van der Waals surface area (Å²) in [5.41, 5.74) is 2.00. The van der Waals surface area contributed by atoms with Gasteiger partial charge in [-0.15, -0.1) is 0 Å². The summed E-state index contributed by atoms with van der Waals surface area (Å²) in [7, 11) is 0.